The molecule has 0 saturated heterocycles. The number of carbonyl (C=O) groups is 1. The van der Waals surface area contributed by atoms with Gasteiger partial charge in [0.2, 0.25) is 0 Å². The first-order valence-electron chi connectivity index (χ1n) is 8.62. The van der Waals surface area contributed by atoms with E-state index in [1.165, 1.54) is 5.56 Å². The molecule has 0 bridgehead atoms. The Kier molecular flexibility index (Phi) is 6.28. The molecular weight excluding hydrogens is 362 g/mol. The van der Waals surface area contributed by atoms with E-state index < -0.39 is 0 Å². The van der Waals surface area contributed by atoms with Gasteiger partial charge in [0, 0.05) is 10.7 Å². The van der Waals surface area contributed by atoms with Gasteiger partial charge in [-0.3, -0.25) is 4.79 Å². The normalized spacial score (nSPS) is 10.3. The lowest BCUT2D eigenvalue weighted by Crippen LogP contribution is -2.20. The highest BCUT2D eigenvalue weighted by atomic mass is 35.5. The molecule has 1 aromatic heterocycles. The number of nitrogens with one attached hydrogen (secondary N) is 2. The number of benzene rings is 2. The molecular formula is C21H20ClN3O2. The second kappa shape index (κ2) is 9.05. The molecule has 0 spiro atoms. The second-order valence-electron chi connectivity index (χ2n) is 5.90. The molecule has 5 nitrogen and oxygen atoms in total. The molecule has 2 aromatic carbocycles. The monoisotopic (exact) mass is 381 g/mol. The van der Waals surface area contributed by atoms with E-state index in [1.807, 2.05) is 18.2 Å². The summed E-state index contributed by atoms with van der Waals surface area (Å²) in [6.45, 7) is 2.02. The molecule has 0 aliphatic heterocycles. The van der Waals surface area contributed by atoms with Crippen molar-refractivity contribution in [3.63, 3.8) is 0 Å². The van der Waals surface area contributed by atoms with Crippen molar-refractivity contribution < 1.29 is 9.53 Å². The number of nitrogens with zero attached hydrogens (tertiary/aromatic N) is 1. The van der Waals surface area contributed by atoms with Gasteiger partial charge in [0.05, 0.1) is 11.9 Å². The lowest BCUT2D eigenvalue weighted by Gasteiger charge is -2.09. The van der Waals surface area contributed by atoms with Crippen LogP contribution in [0.1, 0.15) is 12.5 Å². The van der Waals surface area contributed by atoms with Gasteiger partial charge in [-0.05, 0) is 60.5 Å². The van der Waals surface area contributed by atoms with Crippen LogP contribution in [0.15, 0.2) is 66.9 Å². The van der Waals surface area contributed by atoms with Gasteiger partial charge in [0.1, 0.15) is 11.6 Å². The van der Waals surface area contributed by atoms with Crippen LogP contribution in [0.2, 0.25) is 5.02 Å². The predicted molar refractivity (Wildman–Crippen MR) is 109 cm³/mol. The Morgan fingerprint density at radius 1 is 1.00 bits per heavy atom. The number of ether oxygens (including phenoxy) is 1. The van der Waals surface area contributed by atoms with Gasteiger partial charge in [-0.2, -0.15) is 0 Å². The average molecular weight is 382 g/mol. The summed E-state index contributed by atoms with van der Waals surface area (Å²) in [7, 11) is 0. The molecule has 0 radical (unpaired) electrons. The molecule has 6 heteroatoms. The van der Waals surface area contributed by atoms with E-state index in [9.17, 15) is 4.79 Å². The molecule has 3 aromatic rings. The van der Waals surface area contributed by atoms with Gasteiger partial charge >= 0.3 is 0 Å². The van der Waals surface area contributed by atoms with Crippen molar-refractivity contribution in [2.75, 3.05) is 17.2 Å². The van der Waals surface area contributed by atoms with Gasteiger partial charge in [-0.25, -0.2) is 4.98 Å². The van der Waals surface area contributed by atoms with Crippen LogP contribution in [0.25, 0.3) is 0 Å². The number of anilines is 3. The molecule has 27 heavy (non-hydrogen) atoms. The summed E-state index contributed by atoms with van der Waals surface area (Å²) in [6.07, 6.45) is 2.68. The van der Waals surface area contributed by atoms with Gasteiger partial charge in [0.15, 0.2) is 6.61 Å². The number of amides is 1. The van der Waals surface area contributed by atoms with Gasteiger partial charge < -0.3 is 15.4 Å². The van der Waals surface area contributed by atoms with E-state index in [0.29, 0.717) is 16.6 Å². The van der Waals surface area contributed by atoms with E-state index in [0.717, 1.165) is 17.8 Å². The number of rotatable bonds is 7. The van der Waals surface area contributed by atoms with E-state index in [2.05, 4.69) is 34.7 Å². The van der Waals surface area contributed by atoms with Crippen molar-refractivity contribution >= 4 is 34.7 Å². The van der Waals surface area contributed by atoms with Gasteiger partial charge in [-0.15, -0.1) is 0 Å². The highest BCUT2D eigenvalue weighted by Gasteiger charge is 2.05. The Labute approximate surface area is 163 Å². The van der Waals surface area contributed by atoms with E-state index in [-0.39, 0.29) is 12.5 Å². The van der Waals surface area contributed by atoms with Crippen LogP contribution in [0.3, 0.4) is 0 Å². The summed E-state index contributed by atoms with van der Waals surface area (Å²) >= 11 is 5.81. The Bertz CT molecular complexity index is 879. The summed E-state index contributed by atoms with van der Waals surface area (Å²) in [5.41, 5.74) is 3.12. The fourth-order valence-corrected chi connectivity index (χ4v) is 2.52. The lowest BCUT2D eigenvalue weighted by atomic mass is 10.1. The second-order valence-corrected chi connectivity index (χ2v) is 6.33. The van der Waals surface area contributed by atoms with Gasteiger partial charge in [0.25, 0.3) is 5.91 Å². The van der Waals surface area contributed by atoms with Crippen molar-refractivity contribution in [2.45, 2.75) is 13.3 Å². The molecule has 1 amide bonds. The molecule has 3 rings (SSSR count). The Balaban J connectivity index is 1.50. The zero-order valence-electron chi connectivity index (χ0n) is 14.9. The third-order valence-electron chi connectivity index (χ3n) is 3.87. The first-order chi connectivity index (χ1) is 13.1. The lowest BCUT2D eigenvalue weighted by molar-refractivity contribution is -0.118. The maximum Gasteiger partial charge on any atom is 0.263 e. The molecule has 2 N–H and O–H groups in total. The number of hydrogen-bond acceptors (Lipinski definition) is 4. The van der Waals surface area contributed by atoms with Crippen LogP contribution >= 0.6 is 11.6 Å². The molecule has 1 heterocycles. The summed E-state index contributed by atoms with van der Waals surface area (Å²) in [5.74, 6) is 0.760. The number of carbonyl (C=O) groups excluding carboxylic acids is 1. The standard InChI is InChI=1S/C21H20ClN3O2/c1-2-15-3-7-17(8-4-15)24-18-9-12-20(23-13-18)25-21(26)14-27-19-10-5-16(22)6-11-19/h3-13,24H,2,14H2,1H3,(H,23,25,26). The fourth-order valence-electron chi connectivity index (χ4n) is 2.39. The number of pyridine rings is 1. The van der Waals surface area contributed by atoms with Gasteiger partial charge in [-0.1, -0.05) is 30.7 Å². The topological polar surface area (TPSA) is 63.2 Å². The van der Waals surface area contributed by atoms with Crippen LogP contribution in [0.4, 0.5) is 17.2 Å². The maximum absolute atomic E-state index is 12.0. The number of aromatic nitrogens is 1. The highest BCUT2D eigenvalue weighted by Crippen LogP contribution is 2.18. The molecule has 0 aliphatic carbocycles. The number of hydrogen-bond donors (Lipinski definition) is 2. The Morgan fingerprint density at radius 3 is 2.33 bits per heavy atom. The smallest absolute Gasteiger partial charge is 0.263 e. The number of aryl methyl sites for hydroxylation is 1. The van der Waals surface area contributed by atoms with E-state index >= 15 is 0 Å². The minimum Gasteiger partial charge on any atom is -0.484 e. The average Bonchev–Trinajstić information content (AvgIpc) is 2.70. The minimum absolute atomic E-state index is 0.104. The van der Waals surface area contributed by atoms with Crippen molar-refractivity contribution in [3.8, 4) is 5.75 Å². The van der Waals surface area contributed by atoms with Crippen LogP contribution in [0, 0.1) is 0 Å². The molecule has 0 aliphatic rings. The third-order valence-corrected chi connectivity index (χ3v) is 4.12. The molecule has 0 atom stereocenters. The van der Waals surface area contributed by atoms with Crippen molar-refractivity contribution in [3.05, 3.63) is 77.4 Å². The summed E-state index contributed by atoms with van der Waals surface area (Å²) in [5, 5.41) is 6.59. The SMILES string of the molecule is CCc1ccc(Nc2ccc(NC(=O)COc3ccc(Cl)cc3)nc2)cc1. The number of halogens is 1. The first-order valence-corrected chi connectivity index (χ1v) is 9.00. The van der Waals surface area contributed by atoms with Crippen molar-refractivity contribution in [1.82, 2.24) is 4.98 Å². The molecule has 0 fully saturated rings. The minimum atomic E-state index is -0.284. The zero-order chi connectivity index (χ0) is 19.1. The summed E-state index contributed by atoms with van der Waals surface area (Å²) < 4.78 is 5.41. The molecule has 138 valence electrons. The van der Waals surface area contributed by atoms with Crippen LogP contribution in [-0.2, 0) is 11.2 Å². The first kappa shape index (κ1) is 18.7. The fraction of sp³-hybridized carbons (Fsp3) is 0.143. The Morgan fingerprint density at radius 2 is 1.70 bits per heavy atom. The van der Waals surface area contributed by atoms with E-state index in [4.69, 9.17) is 16.3 Å². The van der Waals surface area contributed by atoms with Crippen LogP contribution in [-0.4, -0.2) is 17.5 Å². The summed E-state index contributed by atoms with van der Waals surface area (Å²) in [4.78, 5) is 16.2. The molecule has 0 saturated carbocycles. The van der Waals surface area contributed by atoms with Crippen LogP contribution in [0.5, 0.6) is 5.75 Å². The maximum atomic E-state index is 12.0. The third kappa shape index (κ3) is 5.72. The van der Waals surface area contributed by atoms with Crippen molar-refractivity contribution in [1.29, 1.82) is 0 Å². The van der Waals surface area contributed by atoms with Crippen molar-refractivity contribution in [2.24, 2.45) is 0 Å². The predicted octanol–water partition coefficient (Wildman–Crippen LogP) is 5.06. The quantitative estimate of drug-likeness (QED) is 0.600. The van der Waals surface area contributed by atoms with E-state index in [1.54, 1.807) is 36.5 Å². The molecule has 0 unspecified atom stereocenters. The zero-order valence-corrected chi connectivity index (χ0v) is 15.7. The largest absolute Gasteiger partial charge is 0.484 e. The summed E-state index contributed by atoms with van der Waals surface area (Å²) in [6, 6.07) is 18.7. The van der Waals surface area contributed by atoms with Crippen LogP contribution < -0.4 is 15.4 Å². The Hall–Kier alpha value is -3.05. The highest BCUT2D eigenvalue weighted by molar-refractivity contribution is 6.30.